The minimum Gasteiger partial charge on any atom is -0.352 e. The fourth-order valence-corrected chi connectivity index (χ4v) is 5.20. The third kappa shape index (κ3) is 8.33. The van der Waals surface area contributed by atoms with Crippen molar-refractivity contribution in [1.29, 1.82) is 0 Å². The lowest BCUT2D eigenvalue weighted by Gasteiger charge is -2.25. The molecule has 0 aromatic heterocycles. The van der Waals surface area contributed by atoms with Crippen molar-refractivity contribution in [2.24, 2.45) is 10.8 Å². The molecule has 0 saturated heterocycles. The number of nitrogens with two attached hydrogens (primary N) is 2. The van der Waals surface area contributed by atoms with E-state index in [0.717, 1.165) is 12.2 Å². The molecule has 0 aliphatic rings. The van der Waals surface area contributed by atoms with E-state index in [1.807, 2.05) is 0 Å². The van der Waals surface area contributed by atoms with Crippen LogP contribution < -0.4 is 15.8 Å². The highest BCUT2D eigenvalue weighted by Crippen LogP contribution is 2.23. The normalized spacial score (nSPS) is 13.8. The van der Waals surface area contributed by atoms with E-state index in [9.17, 15) is 0 Å². The van der Waals surface area contributed by atoms with Gasteiger partial charge in [-0.2, -0.15) is 0 Å². The number of rotatable bonds is 9. The van der Waals surface area contributed by atoms with Gasteiger partial charge in [-0.25, -0.2) is 0 Å². The SMILES string of the molecule is CN[Si](C)C(C)B(CC[Si](C)N)CC[Si](C)N. The summed E-state index contributed by atoms with van der Waals surface area (Å²) in [5, 5.41) is 12.0. The van der Waals surface area contributed by atoms with Crippen molar-refractivity contribution in [3.63, 3.8) is 0 Å². The van der Waals surface area contributed by atoms with E-state index in [0.29, 0.717) is 0 Å². The summed E-state index contributed by atoms with van der Waals surface area (Å²) >= 11 is 0. The number of hydrogen-bond donors (Lipinski definition) is 3. The van der Waals surface area contributed by atoms with Crippen molar-refractivity contribution < 1.29 is 0 Å². The van der Waals surface area contributed by atoms with Gasteiger partial charge in [0.1, 0.15) is 33.6 Å². The highest BCUT2D eigenvalue weighted by atomic mass is 28.3. The Morgan fingerprint density at radius 1 is 1.06 bits per heavy atom. The van der Waals surface area contributed by atoms with Crippen LogP contribution in [0.1, 0.15) is 6.92 Å². The van der Waals surface area contributed by atoms with Crippen molar-refractivity contribution in [1.82, 2.24) is 4.98 Å². The Bertz CT molecular complexity index is 184. The summed E-state index contributed by atoms with van der Waals surface area (Å²) in [6.45, 7) is 10.0. The van der Waals surface area contributed by atoms with Crippen LogP contribution in [0.15, 0.2) is 0 Å². The Hall–Kier alpha value is 0.596. The standard InChI is InChI=1S/C10H29BN3Si3/c1-10(17(5)14-2)11(6-8-15(3)12)7-9-16(4)13/h10,14H,6-9,12-13H2,1-5H3. The molecule has 0 aromatic rings. The van der Waals surface area contributed by atoms with E-state index in [2.05, 4.69) is 38.6 Å². The summed E-state index contributed by atoms with van der Waals surface area (Å²) < 4.78 is 0. The maximum absolute atomic E-state index is 5.98. The molecule has 0 aliphatic carbocycles. The summed E-state index contributed by atoms with van der Waals surface area (Å²) in [7, 11) is 0.557. The van der Waals surface area contributed by atoms with Crippen molar-refractivity contribution in [3.8, 4) is 0 Å². The second-order valence-corrected chi connectivity index (χ2v) is 12.4. The largest absolute Gasteiger partial charge is 0.352 e. The Morgan fingerprint density at radius 2 is 1.47 bits per heavy atom. The van der Waals surface area contributed by atoms with Gasteiger partial charge in [0.25, 0.3) is 0 Å². The van der Waals surface area contributed by atoms with Crippen LogP contribution in [0.2, 0.25) is 49.8 Å². The molecule has 0 fully saturated rings. The number of nitrogens with one attached hydrogen (secondary N) is 1. The summed E-state index contributed by atoms with van der Waals surface area (Å²) in [6.07, 6.45) is 2.61. The monoisotopic (exact) mass is 286 g/mol. The molecule has 3 nitrogen and oxygen atoms in total. The van der Waals surface area contributed by atoms with E-state index in [-0.39, 0.29) is 0 Å². The van der Waals surface area contributed by atoms with Gasteiger partial charge in [-0.1, -0.05) is 56.7 Å². The lowest BCUT2D eigenvalue weighted by molar-refractivity contribution is 1.08. The Kier molecular flexibility index (Phi) is 9.85. The van der Waals surface area contributed by atoms with Crippen molar-refractivity contribution in [2.75, 3.05) is 7.05 Å². The molecule has 0 amide bonds. The molecule has 0 heterocycles. The molecular weight excluding hydrogens is 257 g/mol. The third-order valence-corrected chi connectivity index (χ3v) is 8.38. The molecule has 1 unspecified atom stereocenters. The van der Waals surface area contributed by atoms with Crippen LogP contribution in [0.5, 0.6) is 0 Å². The zero-order valence-corrected chi connectivity index (χ0v) is 15.1. The first kappa shape index (κ1) is 17.6. The molecule has 99 valence electrons. The Labute approximate surface area is 113 Å². The average Bonchev–Trinajstić information content (AvgIpc) is 2.26. The van der Waals surface area contributed by atoms with Gasteiger partial charge in [0.05, 0.1) is 0 Å². The van der Waals surface area contributed by atoms with Gasteiger partial charge >= 0.3 is 0 Å². The van der Waals surface area contributed by atoms with Crippen LogP contribution >= 0.6 is 0 Å². The van der Waals surface area contributed by atoms with Crippen LogP contribution in [0.25, 0.3) is 0 Å². The summed E-state index contributed by atoms with van der Waals surface area (Å²) in [5.74, 6) is 0. The fourth-order valence-electron chi connectivity index (χ4n) is 2.05. The van der Waals surface area contributed by atoms with Gasteiger partial charge in [-0.05, 0) is 7.05 Å². The molecule has 5 N–H and O–H groups in total. The maximum atomic E-state index is 5.98. The number of hydrogen-bond acceptors (Lipinski definition) is 3. The van der Waals surface area contributed by atoms with E-state index in [1.165, 1.54) is 24.7 Å². The fraction of sp³-hybridized carbons (Fsp3) is 1.00. The first-order valence-corrected chi connectivity index (χ1v) is 13.2. The lowest BCUT2D eigenvalue weighted by Crippen LogP contribution is -2.40. The second-order valence-electron chi connectivity index (χ2n) is 5.25. The first-order chi connectivity index (χ1) is 7.88. The highest BCUT2D eigenvalue weighted by molar-refractivity contribution is 6.79. The molecule has 0 aliphatic heterocycles. The van der Waals surface area contributed by atoms with Gasteiger partial charge in [0.2, 0.25) is 0 Å². The topological polar surface area (TPSA) is 64.1 Å². The molecule has 7 heteroatoms. The molecule has 1 atom stereocenters. The molecular formula is C10H29BN3Si3. The molecule has 0 saturated carbocycles. The van der Waals surface area contributed by atoms with Crippen LogP contribution in [0, 0.1) is 0 Å². The lowest BCUT2D eigenvalue weighted by atomic mass is 9.43. The van der Waals surface area contributed by atoms with Gasteiger partial charge in [-0.15, -0.1) is 0 Å². The minimum atomic E-state index is -0.565. The minimum absolute atomic E-state index is 0.409. The van der Waals surface area contributed by atoms with Crippen molar-refractivity contribution in [2.45, 2.75) is 56.7 Å². The van der Waals surface area contributed by atoms with Crippen LogP contribution in [-0.2, 0) is 0 Å². The predicted octanol–water partition coefficient (Wildman–Crippen LogP) is 1.41. The Balaban J connectivity index is 4.27. The highest BCUT2D eigenvalue weighted by Gasteiger charge is 2.27. The first-order valence-electron chi connectivity index (χ1n) is 6.55. The molecule has 3 radical (unpaired) electrons. The van der Waals surface area contributed by atoms with E-state index in [4.69, 9.17) is 10.8 Å². The van der Waals surface area contributed by atoms with Gasteiger partial charge in [-0.3, -0.25) is 0 Å². The van der Waals surface area contributed by atoms with Crippen LogP contribution in [-0.4, -0.2) is 40.6 Å². The van der Waals surface area contributed by atoms with E-state index >= 15 is 0 Å². The summed E-state index contributed by atoms with van der Waals surface area (Å²) in [4.78, 5) is 3.48. The molecule has 0 aromatic carbocycles. The maximum Gasteiger partial charge on any atom is 0.140 e. The smallest absolute Gasteiger partial charge is 0.140 e. The quantitative estimate of drug-likeness (QED) is 0.562. The van der Waals surface area contributed by atoms with Crippen LogP contribution in [0.3, 0.4) is 0 Å². The van der Waals surface area contributed by atoms with Gasteiger partial charge < -0.3 is 15.8 Å². The van der Waals surface area contributed by atoms with Crippen LogP contribution in [0.4, 0.5) is 0 Å². The molecule has 0 bridgehead atoms. The van der Waals surface area contributed by atoms with E-state index in [1.54, 1.807) is 0 Å². The zero-order chi connectivity index (χ0) is 13.4. The van der Waals surface area contributed by atoms with Crippen molar-refractivity contribution >= 4 is 33.6 Å². The summed E-state index contributed by atoms with van der Waals surface area (Å²) in [5.41, 5.74) is 0.813. The molecule has 0 rings (SSSR count). The van der Waals surface area contributed by atoms with Gasteiger partial charge in [0.15, 0.2) is 0 Å². The predicted molar refractivity (Wildman–Crippen MR) is 86.7 cm³/mol. The second kappa shape index (κ2) is 9.52. The molecule has 0 spiro atoms. The molecule has 17 heavy (non-hydrogen) atoms. The Morgan fingerprint density at radius 3 is 1.76 bits per heavy atom. The van der Waals surface area contributed by atoms with Crippen molar-refractivity contribution in [3.05, 3.63) is 0 Å². The van der Waals surface area contributed by atoms with Gasteiger partial charge in [0, 0.05) is 0 Å². The zero-order valence-electron chi connectivity index (χ0n) is 12.1. The average molecular weight is 286 g/mol. The third-order valence-electron chi connectivity index (χ3n) is 3.60. The summed E-state index contributed by atoms with van der Waals surface area (Å²) in [6, 6.07) is 2.49. The van der Waals surface area contributed by atoms with E-state index < -0.39 is 26.9 Å².